The van der Waals surface area contributed by atoms with Gasteiger partial charge in [0.2, 0.25) is 0 Å². The summed E-state index contributed by atoms with van der Waals surface area (Å²) in [6.07, 6.45) is 0. The normalized spacial score (nSPS) is 11.9. The lowest BCUT2D eigenvalue weighted by molar-refractivity contribution is 0.539. The Balaban J connectivity index is 2.09. The Bertz CT molecular complexity index is 726. The number of hydrogen-bond donors (Lipinski definition) is 2. The maximum atomic E-state index is 5.85. The maximum Gasteiger partial charge on any atom is 0.138 e. The van der Waals surface area contributed by atoms with Crippen LogP contribution in [-0.4, -0.2) is 16.5 Å². The molecule has 3 rings (SSSR count). The minimum atomic E-state index is -0.0216. The second-order valence-corrected chi connectivity index (χ2v) is 5.77. The van der Waals surface area contributed by atoms with Crippen LogP contribution >= 0.6 is 0 Å². The molecule has 3 nitrogen and oxygen atoms in total. The molecule has 0 amide bonds. The van der Waals surface area contributed by atoms with E-state index < -0.39 is 0 Å². The molecule has 0 bridgehead atoms. The zero-order chi connectivity index (χ0) is 14.2. The predicted octanol–water partition coefficient (Wildman–Crippen LogP) is 3.47. The lowest BCUT2D eigenvalue weighted by Crippen LogP contribution is -2.27. The summed E-state index contributed by atoms with van der Waals surface area (Å²) in [5.41, 5.74) is 10.2. The van der Waals surface area contributed by atoms with E-state index in [1.807, 2.05) is 18.2 Å². The van der Waals surface area contributed by atoms with Crippen molar-refractivity contribution in [2.45, 2.75) is 19.3 Å². The van der Waals surface area contributed by atoms with Crippen molar-refractivity contribution in [3.8, 4) is 11.4 Å². The van der Waals surface area contributed by atoms with E-state index in [1.54, 1.807) is 0 Å². The van der Waals surface area contributed by atoms with Crippen LogP contribution in [0, 0.1) is 0 Å². The number of imidazole rings is 1. The van der Waals surface area contributed by atoms with E-state index in [4.69, 9.17) is 5.73 Å². The SMILES string of the molecule is CC(C)(CN)c1ccc2nc(-c3ccccc3)[nH]c2c1. The number of rotatable bonds is 3. The Kier molecular flexibility index (Phi) is 3.07. The van der Waals surface area contributed by atoms with Crippen LogP contribution in [0.5, 0.6) is 0 Å². The molecule has 20 heavy (non-hydrogen) atoms. The van der Waals surface area contributed by atoms with Gasteiger partial charge in [0.05, 0.1) is 11.0 Å². The zero-order valence-electron chi connectivity index (χ0n) is 11.9. The molecule has 1 aromatic heterocycles. The van der Waals surface area contributed by atoms with E-state index in [9.17, 15) is 0 Å². The Hall–Kier alpha value is -2.13. The monoisotopic (exact) mass is 265 g/mol. The van der Waals surface area contributed by atoms with Crippen LogP contribution in [0.3, 0.4) is 0 Å². The van der Waals surface area contributed by atoms with Crippen molar-refractivity contribution in [3.05, 3.63) is 54.1 Å². The van der Waals surface area contributed by atoms with E-state index in [2.05, 4.69) is 54.1 Å². The van der Waals surface area contributed by atoms with Crippen molar-refractivity contribution < 1.29 is 0 Å². The summed E-state index contributed by atoms with van der Waals surface area (Å²) < 4.78 is 0. The molecule has 0 saturated heterocycles. The molecule has 102 valence electrons. The molecule has 0 aliphatic carbocycles. The van der Waals surface area contributed by atoms with Gasteiger partial charge in [-0.2, -0.15) is 0 Å². The van der Waals surface area contributed by atoms with Gasteiger partial charge < -0.3 is 10.7 Å². The second kappa shape index (κ2) is 4.76. The molecular formula is C17H19N3. The molecule has 0 radical (unpaired) electrons. The topological polar surface area (TPSA) is 54.7 Å². The summed E-state index contributed by atoms with van der Waals surface area (Å²) in [5, 5.41) is 0. The molecule has 0 saturated carbocycles. The van der Waals surface area contributed by atoms with Gasteiger partial charge in [0.1, 0.15) is 5.82 Å². The third-order valence-corrected chi connectivity index (χ3v) is 3.82. The Labute approximate surface area is 118 Å². The van der Waals surface area contributed by atoms with Crippen molar-refractivity contribution in [2.24, 2.45) is 5.73 Å². The summed E-state index contributed by atoms with van der Waals surface area (Å²) in [6.45, 7) is 4.93. The Morgan fingerprint density at radius 2 is 1.85 bits per heavy atom. The highest BCUT2D eigenvalue weighted by atomic mass is 14.9. The summed E-state index contributed by atoms with van der Waals surface area (Å²) >= 11 is 0. The van der Waals surface area contributed by atoms with E-state index in [0.29, 0.717) is 6.54 Å². The molecule has 0 fully saturated rings. The number of benzene rings is 2. The van der Waals surface area contributed by atoms with Crippen molar-refractivity contribution >= 4 is 11.0 Å². The lowest BCUT2D eigenvalue weighted by Gasteiger charge is -2.22. The summed E-state index contributed by atoms with van der Waals surface area (Å²) in [5.74, 6) is 0.906. The summed E-state index contributed by atoms with van der Waals surface area (Å²) in [7, 11) is 0. The maximum absolute atomic E-state index is 5.85. The first-order chi connectivity index (χ1) is 9.60. The molecule has 0 unspecified atom stereocenters. The number of nitrogens with zero attached hydrogens (tertiary/aromatic N) is 1. The number of hydrogen-bond acceptors (Lipinski definition) is 2. The number of fused-ring (bicyclic) bond motifs is 1. The molecule has 0 aliphatic heterocycles. The van der Waals surface area contributed by atoms with Gasteiger partial charge in [0, 0.05) is 17.5 Å². The third kappa shape index (κ3) is 2.21. The number of aromatic nitrogens is 2. The van der Waals surface area contributed by atoms with Crippen molar-refractivity contribution in [1.29, 1.82) is 0 Å². The molecule has 0 atom stereocenters. The molecule has 0 aliphatic rings. The molecule has 3 N–H and O–H groups in total. The first kappa shape index (κ1) is 12.9. The first-order valence-corrected chi connectivity index (χ1v) is 6.86. The van der Waals surface area contributed by atoms with Gasteiger partial charge >= 0.3 is 0 Å². The van der Waals surface area contributed by atoms with Crippen LogP contribution in [-0.2, 0) is 5.41 Å². The average Bonchev–Trinajstić information content (AvgIpc) is 2.91. The van der Waals surface area contributed by atoms with Gasteiger partial charge in [0.15, 0.2) is 0 Å². The van der Waals surface area contributed by atoms with Gasteiger partial charge in [-0.15, -0.1) is 0 Å². The highest BCUT2D eigenvalue weighted by Gasteiger charge is 2.19. The zero-order valence-corrected chi connectivity index (χ0v) is 11.9. The molecule has 2 aromatic carbocycles. The quantitative estimate of drug-likeness (QED) is 0.762. The largest absolute Gasteiger partial charge is 0.338 e. The smallest absolute Gasteiger partial charge is 0.138 e. The van der Waals surface area contributed by atoms with Gasteiger partial charge in [-0.25, -0.2) is 4.98 Å². The van der Waals surface area contributed by atoms with Crippen LogP contribution in [0.2, 0.25) is 0 Å². The fourth-order valence-electron chi connectivity index (χ4n) is 2.28. The molecule has 1 heterocycles. The predicted molar refractivity (Wildman–Crippen MR) is 83.6 cm³/mol. The van der Waals surface area contributed by atoms with Crippen LogP contribution in [0.1, 0.15) is 19.4 Å². The van der Waals surface area contributed by atoms with Crippen molar-refractivity contribution in [3.63, 3.8) is 0 Å². The molecular weight excluding hydrogens is 246 g/mol. The third-order valence-electron chi connectivity index (χ3n) is 3.82. The number of nitrogens with two attached hydrogens (primary N) is 1. The van der Waals surface area contributed by atoms with Crippen molar-refractivity contribution in [2.75, 3.05) is 6.54 Å². The highest BCUT2D eigenvalue weighted by Crippen LogP contribution is 2.26. The van der Waals surface area contributed by atoms with E-state index >= 15 is 0 Å². The first-order valence-electron chi connectivity index (χ1n) is 6.86. The van der Waals surface area contributed by atoms with E-state index in [1.165, 1.54) is 5.56 Å². The van der Waals surface area contributed by atoms with Crippen LogP contribution in [0.25, 0.3) is 22.4 Å². The minimum Gasteiger partial charge on any atom is -0.338 e. The fraction of sp³-hybridized carbons (Fsp3) is 0.235. The average molecular weight is 265 g/mol. The lowest BCUT2D eigenvalue weighted by atomic mass is 9.85. The standard InChI is InChI=1S/C17H19N3/c1-17(2,11-18)13-8-9-14-15(10-13)20-16(19-14)12-6-4-3-5-7-12/h3-10H,11,18H2,1-2H3,(H,19,20). The number of aromatic amines is 1. The van der Waals surface area contributed by atoms with Crippen LogP contribution < -0.4 is 5.73 Å². The van der Waals surface area contributed by atoms with Crippen LogP contribution in [0.4, 0.5) is 0 Å². The second-order valence-electron chi connectivity index (χ2n) is 5.77. The summed E-state index contributed by atoms with van der Waals surface area (Å²) in [6, 6.07) is 16.5. The molecule has 0 spiro atoms. The van der Waals surface area contributed by atoms with Gasteiger partial charge in [-0.05, 0) is 17.7 Å². The minimum absolute atomic E-state index is 0.0216. The molecule has 3 aromatic rings. The fourth-order valence-corrected chi connectivity index (χ4v) is 2.28. The Morgan fingerprint density at radius 1 is 1.10 bits per heavy atom. The molecule has 3 heteroatoms. The number of H-pyrrole nitrogens is 1. The van der Waals surface area contributed by atoms with Crippen LogP contribution in [0.15, 0.2) is 48.5 Å². The van der Waals surface area contributed by atoms with Gasteiger partial charge in [-0.1, -0.05) is 50.2 Å². The Morgan fingerprint density at radius 3 is 2.55 bits per heavy atom. The number of nitrogens with one attached hydrogen (secondary N) is 1. The van der Waals surface area contributed by atoms with Gasteiger partial charge in [-0.3, -0.25) is 0 Å². The van der Waals surface area contributed by atoms with E-state index in [0.717, 1.165) is 22.4 Å². The summed E-state index contributed by atoms with van der Waals surface area (Å²) in [4.78, 5) is 8.04. The highest BCUT2D eigenvalue weighted by molar-refractivity contribution is 5.80. The van der Waals surface area contributed by atoms with Crippen molar-refractivity contribution in [1.82, 2.24) is 9.97 Å². The van der Waals surface area contributed by atoms with E-state index in [-0.39, 0.29) is 5.41 Å². The van der Waals surface area contributed by atoms with Gasteiger partial charge in [0.25, 0.3) is 0 Å².